The van der Waals surface area contributed by atoms with E-state index in [9.17, 15) is 19.7 Å². The van der Waals surface area contributed by atoms with Crippen LogP contribution < -0.4 is 15.4 Å². The molecular formula is C16H14ClN3O5. The SMILES string of the molecule is COc1ccc(CNC(=O)C(=O)Nc2ccc(Cl)c([N+](=O)[O-])c2)cc1. The van der Waals surface area contributed by atoms with Crippen molar-refractivity contribution in [1.82, 2.24) is 5.32 Å². The molecule has 0 aliphatic carbocycles. The number of nitrogens with zero attached hydrogens (tertiary/aromatic N) is 1. The van der Waals surface area contributed by atoms with Crippen molar-refractivity contribution in [2.24, 2.45) is 0 Å². The summed E-state index contributed by atoms with van der Waals surface area (Å²) in [5.41, 5.74) is 0.517. The quantitative estimate of drug-likeness (QED) is 0.481. The number of benzene rings is 2. The van der Waals surface area contributed by atoms with Crippen molar-refractivity contribution < 1.29 is 19.2 Å². The monoisotopic (exact) mass is 363 g/mol. The lowest BCUT2D eigenvalue weighted by Gasteiger charge is -2.07. The van der Waals surface area contributed by atoms with Crippen LogP contribution in [-0.2, 0) is 16.1 Å². The van der Waals surface area contributed by atoms with Gasteiger partial charge < -0.3 is 15.4 Å². The van der Waals surface area contributed by atoms with Crippen LogP contribution in [0, 0.1) is 10.1 Å². The number of ether oxygens (including phenoxy) is 1. The average Bonchev–Trinajstić information content (AvgIpc) is 2.61. The van der Waals surface area contributed by atoms with Gasteiger partial charge in [-0.15, -0.1) is 0 Å². The van der Waals surface area contributed by atoms with Gasteiger partial charge in [0, 0.05) is 18.3 Å². The third-order valence-corrected chi connectivity index (χ3v) is 3.54. The van der Waals surface area contributed by atoms with Crippen LogP contribution in [0.5, 0.6) is 5.75 Å². The van der Waals surface area contributed by atoms with Gasteiger partial charge in [-0.1, -0.05) is 23.7 Å². The van der Waals surface area contributed by atoms with E-state index in [0.717, 1.165) is 11.6 Å². The zero-order valence-electron chi connectivity index (χ0n) is 13.1. The van der Waals surface area contributed by atoms with Crippen molar-refractivity contribution in [1.29, 1.82) is 0 Å². The molecule has 8 nitrogen and oxygen atoms in total. The van der Waals surface area contributed by atoms with E-state index < -0.39 is 16.7 Å². The summed E-state index contributed by atoms with van der Waals surface area (Å²) in [6, 6.07) is 10.7. The number of amides is 2. The Balaban J connectivity index is 1.94. The standard InChI is InChI=1S/C16H14ClN3O5/c1-25-12-5-2-10(3-6-12)9-18-15(21)16(22)19-11-4-7-13(17)14(8-11)20(23)24/h2-8H,9H2,1H3,(H,18,21)(H,19,22). The van der Waals surface area contributed by atoms with Crippen molar-refractivity contribution in [2.75, 3.05) is 12.4 Å². The van der Waals surface area contributed by atoms with E-state index in [-0.39, 0.29) is 22.9 Å². The molecule has 0 heterocycles. The minimum Gasteiger partial charge on any atom is -0.497 e. The van der Waals surface area contributed by atoms with Gasteiger partial charge in [-0.25, -0.2) is 0 Å². The predicted molar refractivity (Wildman–Crippen MR) is 91.6 cm³/mol. The number of hydrogen-bond donors (Lipinski definition) is 2. The molecule has 130 valence electrons. The topological polar surface area (TPSA) is 111 Å². The molecule has 2 amide bonds. The molecule has 2 rings (SSSR count). The van der Waals surface area contributed by atoms with E-state index in [1.807, 2.05) is 0 Å². The van der Waals surface area contributed by atoms with Gasteiger partial charge >= 0.3 is 11.8 Å². The Morgan fingerprint density at radius 3 is 2.44 bits per heavy atom. The van der Waals surface area contributed by atoms with Gasteiger partial charge in [0.2, 0.25) is 0 Å². The second-order valence-corrected chi connectivity index (χ2v) is 5.32. The van der Waals surface area contributed by atoms with E-state index in [1.54, 1.807) is 31.4 Å². The average molecular weight is 364 g/mol. The maximum Gasteiger partial charge on any atom is 0.313 e. The number of anilines is 1. The molecule has 0 unspecified atom stereocenters. The van der Waals surface area contributed by atoms with Gasteiger partial charge in [0.1, 0.15) is 10.8 Å². The summed E-state index contributed by atoms with van der Waals surface area (Å²) in [5, 5.41) is 15.5. The molecule has 0 aliphatic rings. The molecule has 9 heteroatoms. The van der Waals surface area contributed by atoms with Crippen LogP contribution >= 0.6 is 11.6 Å². The summed E-state index contributed by atoms with van der Waals surface area (Å²) in [7, 11) is 1.54. The van der Waals surface area contributed by atoms with Crippen molar-refractivity contribution in [3.63, 3.8) is 0 Å². The maximum atomic E-state index is 11.9. The van der Waals surface area contributed by atoms with Crippen LogP contribution in [0.1, 0.15) is 5.56 Å². The number of nitro benzene ring substituents is 1. The number of nitro groups is 1. The van der Waals surface area contributed by atoms with Gasteiger partial charge in [-0.2, -0.15) is 0 Å². The Morgan fingerprint density at radius 2 is 1.84 bits per heavy atom. The molecule has 0 fully saturated rings. The first kappa shape index (κ1) is 18.2. The Hall–Kier alpha value is -3.13. The highest BCUT2D eigenvalue weighted by atomic mass is 35.5. The second-order valence-electron chi connectivity index (χ2n) is 4.91. The lowest BCUT2D eigenvalue weighted by Crippen LogP contribution is -2.34. The second kappa shape index (κ2) is 8.11. The van der Waals surface area contributed by atoms with Gasteiger partial charge in [-0.3, -0.25) is 19.7 Å². The summed E-state index contributed by atoms with van der Waals surface area (Å²) in [4.78, 5) is 33.8. The number of rotatable bonds is 5. The lowest BCUT2D eigenvalue weighted by molar-refractivity contribution is -0.384. The zero-order chi connectivity index (χ0) is 18.4. The fourth-order valence-corrected chi connectivity index (χ4v) is 2.11. The minimum absolute atomic E-state index is 0.0630. The Kier molecular flexibility index (Phi) is 5.91. The van der Waals surface area contributed by atoms with Crippen LogP contribution in [0.4, 0.5) is 11.4 Å². The Bertz CT molecular complexity index is 808. The summed E-state index contributed by atoms with van der Waals surface area (Å²) in [6.45, 7) is 0.150. The molecule has 0 bridgehead atoms. The number of halogens is 1. The van der Waals surface area contributed by atoms with Gasteiger partial charge in [0.25, 0.3) is 5.69 Å². The molecule has 0 aromatic heterocycles. The third kappa shape index (κ3) is 4.92. The normalized spacial score (nSPS) is 10.0. The smallest absolute Gasteiger partial charge is 0.313 e. The van der Waals surface area contributed by atoms with Gasteiger partial charge in [0.05, 0.1) is 12.0 Å². The third-order valence-electron chi connectivity index (χ3n) is 3.22. The molecule has 0 spiro atoms. The molecule has 0 saturated carbocycles. The van der Waals surface area contributed by atoms with Gasteiger partial charge in [0.15, 0.2) is 0 Å². The van der Waals surface area contributed by atoms with Crippen molar-refractivity contribution in [2.45, 2.75) is 6.54 Å². The van der Waals surface area contributed by atoms with Crippen LogP contribution in [0.25, 0.3) is 0 Å². The predicted octanol–water partition coefficient (Wildman–Crippen LogP) is 2.51. The van der Waals surface area contributed by atoms with E-state index in [4.69, 9.17) is 16.3 Å². The highest BCUT2D eigenvalue weighted by Gasteiger charge is 2.17. The number of nitrogens with one attached hydrogen (secondary N) is 2. The van der Waals surface area contributed by atoms with Crippen LogP contribution in [0.3, 0.4) is 0 Å². The molecule has 0 atom stereocenters. The molecule has 2 N–H and O–H groups in total. The molecule has 2 aromatic rings. The zero-order valence-corrected chi connectivity index (χ0v) is 13.9. The first-order chi connectivity index (χ1) is 11.9. The Morgan fingerprint density at radius 1 is 1.16 bits per heavy atom. The summed E-state index contributed by atoms with van der Waals surface area (Å²) in [5.74, 6) is -1.13. The molecular weight excluding hydrogens is 350 g/mol. The fraction of sp³-hybridized carbons (Fsp3) is 0.125. The first-order valence-corrected chi connectivity index (χ1v) is 7.44. The molecule has 0 aliphatic heterocycles. The molecule has 0 radical (unpaired) electrons. The molecule has 2 aromatic carbocycles. The van der Waals surface area contributed by atoms with Crippen LogP contribution in [0.15, 0.2) is 42.5 Å². The largest absolute Gasteiger partial charge is 0.497 e. The number of carbonyl (C=O) groups is 2. The number of hydrogen-bond acceptors (Lipinski definition) is 5. The lowest BCUT2D eigenvalue weighted by atomic mass is 10.2. The van der Waals surface area contributed by atoms with Crippen LogP contribution in [-0.4, -0.2) is 23.8 Å². The number of methoxy groups -OCH3 is 1. The minimum atomic E-state index is -0.940. The van der Waals surface area contributed by atoms with Crippen molar-refractivity contribution in [3.05, 3.63) is 63.2 Å². The van der Waals surface area contributed by atoms with Crippen molar-refractivity contribution in [3.8, 4) is 5.75 Å². The Labute approximate surface area is 147 Å². The summed E-state index contributed by atoms with van der Waals surface area (Å²) >= 11 is 5.69. The van der Waals surface area contributed by atoms with Crippen LogP contribution in [0.2, 0.25) is 5.02 Å². The van der Waals surface area contributed by atoms with Crippen molar-refractivity contribution >= 4 is 34.8 Å². The maximum absolute atomic E-state index is 11.9. The summed E-state index contributed by atoms with van der Waals surface area (Å²) < 4.78 is 5.03. The number of carbonyl (C=O) groups excluding carboxylic acids is 2. The fourth-order valence-electron chi connectivity index (χ4n) is 1.92. The van der Waals surface area contributed by atoms with E-state index in [0.29, 0.717) is 5.75 Å². The first-order valence-electron chi connectivity index (χ1n) is 7.06. The molecule has 0 saturated heterocycles. The van der Waals surface area contributed by atoms with E-state index >= 15 is 0 Å². The highest BCUT2D eigenvalue weighted by Crippen LogP contribution is 2.27. The van der Waals surface area contributed by atoms with Gasteiger partial charge in [-0.05, 0) is 29.8 Å². The highest BCUT2D eigenvalue weighted by molar-refractivity contribution is 6.39. The van der Waals surface area contributed by atoms with E-state index in [2.05, 4.69) is 10.6 Å². The van der Waals surface area contributed by atoms with E-state index in [1.165, 1.54) is 12.1 Å². The summed E-state index contributed by atoms with van der Waals surface area (Å²) in [6.07, 6.45) is 0. The molecule has 25 heavy (non-hydrogen) atoms.